The first-order valence-corrected chi connectivity index (χ1v) is 5.71. The molecule has 0 spiro atoms. The average Bonchev–Trinajstić information content (AvgIpc) is 2.36. The van der Waals surface area contributed by atoms with E-state index in [0.717, 1.165) is 17.0 Å². The Bertz CT molecular complexity index is 450. The molecule has 4 nitrogen and oxygen atoms in total. The Balaban J connectivity index is 2.81. The van der Waals surface area contributed by atoms with E-state index in [1.54, 1.807) is 6.08 Å². The summed E-state index contributed by atoms with van der Waals surface area (Å²) in [5, 5.41) is 7.18. The Labute approximate surface area is 103 Å². The molecule has 17 heavy (non-hydrogen) atoms. The van der Waals surface area contributed by atoms with E-state index in [-0.39, 0.29) is 11.4 Å². The Morgan fingerprint density at radius 2 is 1.94 bits per heavy atom. The molecule has 0 aliphatic rings. The number of carbonyl (C=O) groups is 1. The normalized spacial score (nSPS) is 12.1. The molecule has 4 heteroatoms. The molecule has 0 unspecified atom stereocenters. The number of hydrogen-bond acceptors (Lipinski definition) is 2. The third-order valence-electron chi connectivity index (χ3n) is 2.46. The number of nitrogens with zero attached hydrogens (tertiary/aromatic N) is 2. The predicted molar refractivity (Wildman–Crippen MR) is 69.6 cm³/mol. The minimum absolute atomic E-state index is 0.0832. The van der Waals surface area contributed by atoms with Gasteiger partial charge in [0.2, 0.25) is 5.91 Å². The molecule has 1 N–H and O–H groups in total. The fraction of sp³-hybridized carbons (Fsp3) is 0.538. The third-order valence-corrected chi connectivity index (χ3v) is 2.46. The number of aryl methyl sites for hydroxylation is 2. The van der Waals surface area contributed by atoms with Gasteiger partial charge in [0.05, 0.1) is 5.69 Å². The van der Waals surface area contributed by atoms with E-state index in [9.17, 15) is 4.79 Å². The second-order valence-electron chi connectivity index (χ2n) is 5.28. The molecular formula is C13H21N3O. The molecule has 0 atom stereocenters. The molecular weight excluding hydrogens is 214 g/mol. The van der Waals surface area contributed by atoms with Crippen LogP contribution in [-0.2, 0) is 11.8 Å². The van der Waals surface area contributed by atoms with Gasteiger partial charge in [-0.15, -0.1) is 0 Å². The van der Waals surface area contributed by atoms with Crippen molar-refractivity contribution in [2.45, 2.75) is 40.2 Å². The minimum Gasteiger partial charge on any atom is -0.348 e. The van der Waals surface area contributed by atoms with Crippen LogP contribution < -0.4 is 5.32 Å². The van der Waals surface area contributed by atoms with E-state index in [2.05, 4.69) is 10.4 Å². The van der Waals surface area contributed by atoms with Gasteiger partial charge in [-0.25, -0.2) is 0 Å². The Morgan fingerprint density at radius 3 is 2.35 bits per heavy atom. The quantitative estimate of drug-likeness (QED) is 0.797. The van der Waals surface area contributed by atoms with E-state index in [4.69, 9.17) is 0 Å². The van der Waals surface area contributed by atoms with Gasteiger partial charge in [-0.2, -0.15) is 5.10 Å². The number of hydrogen-bond donors (Lipinski definition) is 1. The first-order valence-electron chi connectivity index (χ1n) is 5.71. The van der Waals surface area contributed by atoms with Crippen LogP contribution in [0.4, 0.5) is 0 Å². The van der Waals surface area contributed by atoms with Crippen LogP contribution >= 0.6 is 0 Å². The van der Waals surface area contributed by atoms with Gasteiger partial charge in [-0.3, -0.25) is 9.48 Å². The highest BCUT2D eigenvalue weighted by Gasteiger charge is 2.12. The van der Waals surface area contributed by atoms with Crippen molar-refractivity contribution < 1.29 is 4.79 Å². The van der Waals surface area contributed by atoms with Crippen LogP contribution in [0.25, 0.3) is 6.08 Å². The topological polar surface area (TPSA) is 46.9 Å². The SMILES string of the molecule is Cc1nn(C)c(C)c1/C=C/C(=O)NC(C)(C)C. The Morgan fingerprint density at radius 1 is 1.35 bits per heavy atom. The van der Waals surface area contributed by atoms with E-state index >= 15 is 0 Å². The summed E-state index contributed by atoms with van der Waals surface area (Å²) >= 11 is 0. The molecule has 0 aliphatic heterocycles. The summed E-state index contributed by atoms with van der Waals surface area (Å²) in [5.41, 5.74) is 2.80. The fourth-order valence-electron chi connectivity index (χ4n) is 1.60. The van der Waals surface area contributed by atoms with Crippen LogP contribution in [0.5, 0.6) is 0 Å². The van der Waals surface area contributed by atoms with E-state index in [1.807, 2.05) is 52.4 Å². The summed E-state index contributed by atoms with van der Waals surface area (Å²) in [6, 6.07) is 0. The first-order chi connectivity index (χ1) is 7.70. The van der Waals surface area contributed by atoms with E-state index < -0.39 is 0 Å². The molecule has 0 saturated heterocycles. The van der Waals surface area contributed by atoms with Gasteiger partial charge in [-0.05, 0) is 40.7 Å². The molecule has 1 heterocycles. The van der Waals surface area contributed by atoms with Crippen molar-refractivity contribution in [1.82, 2.24) is 15.1 Å². The van der Waals surface area contributed by atoms with Crippen LogP contribution in [-0.4, -0.2) is 21.2 Å². The number of nitrogens with one attached hydrogen (secondary N) is 1. The molecule has 0 fully saturated rings. The maximum absolute atomic E-state index is 11.6. The second kappa shape index (κ2) is 4.73. The van der Waals surface area contributed by atoms with Crippen molar-refractivity contribution in [3.63, 3.8) is 0 Å². The van der Waals surface area contributed by atoms with Crippen LogP contribution in [0, 0.1) is 13.8 Å². The lowest BCUT2D eigenvalue weighted by atomic mass is 10.1. The van der Waals surface area contributed by atoms with Gasteiger partial charge in [0, 0.05) is 29.9 Å². The zero-order valence-corrected chi connectivity index (χ0v) is 11.5. The van der Waals surface area contributed by atoms with Crippen LogP contribution in [0.2, 0.25) is 0 Å². The van der Waals surface area contributed by atoms with Crippen molar-refractivity contribution in [3.8, 4) is 0 Å². The van der Waals surface area contributed by atoms with Crippen molar-refractivity contribution in [1.29, 1.82) is 0 Å². The van der Waals surface area contributed by atoms with Crippen molar-refractivity contribution in [2.24, 2.45) is 7.05 Å². The van der Waals surface area contributed by atoms with E-state index in [1.165, 1.54) is 0 Å². The molecule has 0 radical (unpaired) electrons. The summed E-state index contributed by atoms with van der Waals surface area (Å²) in [7, 11) is 1.90. The number of carbonyl (C=O) groups excluding carboxylic acids is 1. The van der Waals surface area contributed by atoms with Gasteiger partial charge >= 0.3 is 0 Å². The van der Waals surface area contributed by atoms with Gasteiger partial charge in [0.25, 0.3) is 0 Å². The van der Waals surface area contributed by atoms with Crippen molar-refractivity contribution >= 4 is 12.0 Å². The summed E-state index contributed by atoms with van der Waals surface area (Å²) < 4.78 is 1.82. The monoisotopic (exact) mass is 235 g/mol. The highest BCUT2D eigenvalue weighted by atomic mass is 16.1. The Hall–Kier alpha value is -1.58. The van der Waals surface area contributed by atoms with Gasteiger partial charge in [0.1, 0.15) is 0 Å². The summed E-state index contributed by atoms with van der Waals surface area (Å²) in [5.74, 6) is -0.0832. The lowest BCUT2D eigenvalue weighted by molar-refractivity contribution is -0.117. The van der Waals surface area contributed by atoms with Gasteiger partial charge in [0.15, 0.2) is 0 Å². The van der Waals surface area contributed by atoms with Gasteiger partial charge in [-0.1, -0.05) is 0 Å². The Kier molecular flexibility index (Phi) is 3.76. The molecule has 0 aliphatic carbocycles. The number of aromatic nitrogens is 2. The number of rotatable bonds is 2. The summed E-state index contributed by atoms with van der Waals surface area (Å²) in [4.78, 5) is 11.6. The summed E-state index contributed by atoms with van der Waals surface area (Å²) in [6.45, 7) is 9.80. The third kappa shape index (κ3) is 3.73. The molecule has 1 aromatic heterocycles. The smallest absolute Gasteiger partial charge is 0.244 e. The highest BCUT2D eigenvalue weighted by Crippen LogP contribution is 2.13. The first kappa shape index (κ1) is 13.5. The molecule has 1 amide bonds. The zero-order valence-electron chi connectivity index (χ0n) is 11.5. The zero-order chi connectivity index (χ0) is 13.2. The molecule has 1 rings (SSSR count). The molecule has 0 bridgehead atoms. The lowest BCUT2D eigenvalue weighted by Gasteiger charge is -2.18. The number of amides is 1. The van der Waals surface area contributed by atoms with Crippen LogP contribution in [0.1, 0.15) is 37.7 Å². The molecule has 1 aromatic rings. The maximum atomic E-state index is 11.6. The minimum atomic E-state index is -0.208. The van der Waals surface area contributed by atoms with E-state index in [0.29, 0.717) is 0 Å². The maximum Gasteiger partial charge on any atom is 0.244 e. The molecule has 0 saturated carbocycles. The average molecular weight is 235 g/mol. The van der Waals surface area contributed by atoms with Crippen LogP contribution in [0.15, 0.2) is 6.08 Å². The van der Waals surface area contributed by atoms with Crippen molar-refractivity contribution in [2.75, 3.05) is 0 Å². The second-order valence-corrected chi connectivity index (χ2v) is 5.28. The molecule has 0 aromatic carbocycles. The van der Waals surface area contributed by atoms with Gasteiger partial charge < -0.3 is 5.32 Å². The lowest BCUT2D eigenvalue weighted by Crippen LogP contribution is -2.39. The molecule has 94 valence electrons. The predicted octanol–water partition coefficient (Wildman–Crippen LogP) is 1.96. The van der Waals surface area contributed by atoms with Crippen LogP contribution in [0.3, 0.4) is 0 Å². The fourth-order valence-corrected chi connectivity index (χ4v) is 1.60. The summed E-state index contributed by atoms with van der Waals surface area (Å²) in [6.07, 6.45) is 3.38. The van der Waals surface area contributed by atoms with Crippen molar-refractivity contribution in [3.05, 3.63) is 23.0 Å². The highest BCUT2D eigenvalue weighted by molar-refractivity contribution is 5.92. The standard InChI is InChI=1S/C13H21N3O/c1-9-11(10(2)16(6)15-9)7-8-12(17)14-13(3,4)5/h7-8H,1-6H3,(H,14,17)/b8-7+. The largest absolute Gasteiger partial charge is 0.348 e.